The number of esters is 1. The number of carboxylic acid groups (broad SMARTS) is 1. The number of halogens is 1. The minimum absolute atomic E-state index is 0.0295. The Bertz CT molecular complexity index is 1480. The predicted molar refractivity (Wildman–Crippen MR) is 126 cm³/mol. The third-order valence-corrected chi connectivity index (χ3v) is 5.23. The lowest BCUT2D eigenvalue weighted by Gasteiger charge is -2.14. The van der Waals surface area contributed by atoms with E-state index in [0.717, 1.165) is 4.68 Å². The van der Waals surface area contributed by atoms with Gasteiger partial charge in [-0.1, -0.05) is 12.1 Å². The zero-order valence-corrected chi connectivity index (χ0v) is 19.9. The smallest absolute Gasteiger partial charge is 0.308 e. The Morgan fingerprint density at radius 1 is 1.05 bits per heavy atom. The second-order valence-electron chi connectivity index (χ2n) is 8.10. The van der Waals surface area contributed by atoms with Gasteiger partial charge in [0.15, 0.2) is 18.3 Å². The number of hydrogen-bond acceptors (Lipinski definition) is 8. The molecule has 3 aromatic rings. The zero-order chi connectivity index (χ0) is 27.1. The lowest BCUT2D eigenvalue weighted by atomic mass is 10.0. The highest BCUT2D eigenvalue weighted by Gasteiger charge is 2.17. The van der Waals surface area contributed by atoms with Gasteiger partial charge in [-0.3, -0.25) is 14.4 Å². The molecule has 3 rings (SSSR count). The van der Waals surface area contributed by atoms with E-state index in [4.69, 9.17) is 14.6 Å². The van der Waals surface area contributed by atoms with Gasteiger partial charge >= 0.3 is 11.9 Å². The van der Waals surface area contributed by atoms with Crippen LogP contribution in [0.1, 0.15) is 46.4 Å². The van der Waals surface area contributed by atoms with Gasteiger partial charge in [-0.25, -0.2) is 4.39 Å². The first kappa shape index (κ1) is 26.6. The van der Waals surface area contributed by atoms with Gasteiger partial charge in [0.1, 0.15) is 5.75 Å². The van der Waals surface area contributed by atoms with Crippen LogP contribution in [0.15, 0.2) is 41.2 Å². The number of aryl methyl sites for hydroxylation is 2. The molecule has 0 amide bonds. The number of nitrogens with zero attached hydrogens (tertiary/aromatic N) is 4. The summed E-state index contributed by atoms with van der Waals surface area (Å²) in [4.78, 5) is 34.7. The summed E-state index contributed by atoms with van der Waals surface area (Å²) in [5.74, 6) is -2.60. The minimum atomic E-state index is -1.16. The van der Waals surface area contributed by atoms with Crippen molar-refractivity contribution < 1.29 is 28.6 Å². The van der Waals surface area contributed by atoms with E-state index in [9.17, 15) is 24.9 Å². The van der Waals surface area contributed by atoms with E-state index in [-0.39, 0.29) is 46.6 Å². The van der Waals surface area contributed by atoms with Crippen molar-refractivity contribution in [3.63, 3.8) is 0 Å². The summed E-state index contributed by atoms with van der Waals surface area (Å²) in [6.45, 7) is 2.65. The number of carbonyl (C=O) groups excluding carboxylic acids is 1. The average Bonchev–Trinajstić information content (AvgIpc) is 2.87. The molecule has 1 heterocycles. The quantitative estimate of drug-likeness (QED) is 0.431. The SMILES string of the molecule is Cc1ccc(Cc2cc(C)c(=O)n(COC(=O)CCC(=O)O)n2)c(F)c1Oc1cc(C#N)cc(C#N)c1. The summed E-state index contributed by atoms with van der Waals surface area (Å²) in [5, 5.41) is 31.2. The molecule has 0 fully saturated rings. The number of hydrogen-bond donors (Lipinski definition) is 1. The second kappa shape index (κ2) is 11.6. The Labute approximate surface area is 210 Å². The van der Waals surface area contributed by atoms with E-state index >= 15 is 4.39 Å². The van der Waals surface area contributed by atoms with Gasteiger partial charge in [0, 0.05) is 12.0 Å². The van der Waals surface area contributed by atoms with Crippen molar-refractivity contribution >= 4 is 11.9 Å². The van der Waals surface area contributed by atoms with E-state index in [0.29, 0.717) is 11.3 Å². The number of aliphatic carboxylic acids is 1. The second-order valence-corrected chi connectivity index (χ2v) is 8.10. The Kier molecular flexibility index (Phi) is 8.33. The molecule has 0 unspecified atom stereocenters. The van der Waals surface area contributed by atoms with E-state index in [1.165, 1.54) is 31.2 Å². The molecule has 0 saturated carbocycles. The molecule has 0 aliphatic carbocycles. The molecular weight excluding hydrogens is 483 g/mol. The Hall–Kier alpha value is -5.03. The Morgan fingerprint density at radius 3 is 2.35 bits per heavy atom. The number of carboxylic acids is 1. The molecule has 0 spiro atoms. The number of ether oxygens (including phenoxy) is 2. The maximum absolute atomic E-state index is 15.5. The summed E-state index contributed by atoms with van der Waals surface area (Å²) in [6, 6.07) is 12.7. The highest BCUT2D eigenvalue weighted by atomic mass is 19.1. The third-order valence-electron chi connectivity index (χ3n) is 5.23. The van der Waals surface area contributed by atoms with Crippen molar-refractivity contribution in [2.45, 2.75) is 39.8 Å². The van der Waals surface area contributed by atoms with Crippen molar-refractivity contribution in [1.82, 2.24) is 9.78 Å². The van der Waals surface area contributed by atoms with E-state index < -0.39 is 36.5 Å². The van der Waals surface area contributed by atoms with Gasteiger partial charge in [0.2, 0.25) is 0 Å². The largest absolute Gasteiger partial charge is 0.481 e. The fourth-order valence-electron chi connectivity index (χ4n) is 3.39. The molecule has 11 heteroatoms. The maximum Gasteiger partial charge on any atom is 0.308 e. The first-order chi connectivity index (χ1) is 17.6. The molecular formula is C26H21FN4O6. The summed E-state index contributed by atoms with van der Waals surface area (Å²) in [5.41, 5.74) is 1.13. The highest BCUT2D eigenvalue weighted by Crippen LogP contribution is 2.32. The number of rotatable bonds is 9. The zero-order valence-electron chi connectivity index (χ0n) is 19.9. The molecule has 1 aromatic heterocycles. The van der Waals surface area contributed by atoms with Gasteiger partial charge < -0.3 is 14.6 Å². The molecule has 188 valence electrons. The van der Waals surface area contributed by atoms with Crippen LogP contribution in [-0.4, -0.2) is 26.8 Å². The van der Waals surface area contributed by atoms with Crippen LogP contribution >= 0.6 is 0 Å². The summed E-state index contributed by atoms with van der Waals surface area (Å²) in [6.07, 6.45) is -0.790. The first-order valence-corrected chi connectivity index (χ1v) is 11.0. The van der Waals surface area contributed by atoms with Crippen LogP contribution in [0.4, 0.5) is 4.39 Å². The van der Waals surface area contributed by atoms with E-state index in [1.54, 1.807) is 19.1 Å². The molecule has 2 aromatic carbocycles. The van der Waals surface area contributed by atoms with Crippen molar-refractivity contribution in [3.8, 4) is 23.6 Å². The normalized spacial score (nSPS) is 10.3. The minimum Gasteiger partial charge on any atom is -0.481 e. The Balaban J connectivity index is 1.86. The van der Waals surface area contributed by atoms with E-state index in [2.05, 4.69) is 5.10 Å². The summed E-state index contributed by atoms with van der Waals surface area (Å²) < 4.78 is 27.1. The molecule has 0 saturated heterocycles. The van der Waals surface area contributed by atoms with Crippen molar-refractivity contribution in [2.24, 2.45) is 0 Å². The summed E-state index contributed by atoms with van der Waals surface area (Å²) in [7, 11) is 0. The lowest BCUT2D eigenvalue weighted by molar-refractivity contribution is -0.151. The van der Waals surface area contributed by atoms with Crippen molar-refractivity contribution in [3.05, 3.63) is 86.1 Å². The maximum atomic E-state index is 15.5. The van der Waals surface area contributed by atoms with Crippen LogP contribution in [0.25, 0.3) is 0 Å². The molecule has 0 radical (unpaired) electrons. The van der Waals surface area contributed by atoms with Crippen LogP contribution in [0, 0.1) is 42.3 Å². The molecule has 0 atom stereocenters. The van der Waals surface area contributed by atoms with Crippen LogP contribution in [0.5, 0.6) is 11.5 Å². The average molecular weight is 504 g/mol. The monoisotopic (exact) mass is 504 g/mol. The fourth-order valence-corrected chi connectivity index (χ4v) is 3.39. The molecule has 0 bridgehead atoms. The molecule has 10 nitrogen and oxygen atoms in total. The number of aromatic nitrogens is 2. The molecule has 0 aliphatic heterocycles. The lowest BCUT2D eigenvalue weighted by Crippen LogP contribution is -2.28. The number of carbonyl (C=O) groups is 2. The molecule has 1 N–H and O–H groups in total. The Morgan fingerprint density at radius 2 is 1.73 bits per heavy atom. The fraction of sp³-hybridized carbons (Fsp3) is 0.231. The van der Waals surface area contributed by atoms with E-state index in [1.807, 2.05) is 12.1 Å². The van der Waals surface area contributed by atoms with Crippen molar-refractivity contribution in [1.29, 1.82) is 10.5 Å². The highest BCUT2D eigenvalue weighted by molar-refractivity contribution is 5.76. The standard InChI is InChI=1S/C26H21FN4O6/c1-15-3-4-19(24(27)25(15)37-21-9-17(12-28)8-18(10-21)13-29)11-20-7-16(2)26(35)31(30-20)14-36-23(34)6-5-22(32)33/h3-4,7-10H,5-6,11,14H2,1-2H3,(H,32,33). The molecule has 0 aliphatic rings. The van der Waals surface area contributed by atoms with Crippen LogP contribution in [0.3, 0.4) is 0 Å². The van der Waals surface area contributed by atoms with Crippen LogP contribution in [-0.2, 0) is 27.5 Å². The number of benzene rings is 2. The molecule has 37 heavy (non-hydrogen) atoms. The van der Waals surface area contributed by atoms with Gasteiger partial charge in [-0.15, -0.1) is 0 Å². The predicted octanol–water partition coefficient (Wildman–Crippen LogP) is 3.49. The topological polar surface area (TPSA) is 155 Å². The first-order valence-electron chi connectivity index (χ1n) is 11.0. The van der Waals surface area contributed by atoms with Gasteiger partial charge in [-0.2, -0.15) is 20.3 Å². The van der Waals surface area contributed by atoms with Crippen LogP contribution in [0.2, 0.25) is 0 Å². The van der Waals surface area contributed by atoms with Gasteiger partial charge in [0.25, 0.3) is 5.56 Å². The van der Waals surface area contributed by atoms with Crippen LogP contribution < -0.4 is 10.3 Å². The summed E-state index contributed by atoms with van der Waals surface area (Å²) >= 11 is 0. The third kappa shape index (κ3) is 6.77. The number of nitriles is 2. The van der Waals surface area contributed by atoms with Gasteiger partial charge in [0.05, 0.1) is 41.8 Å². The van der Waals surface area contributed by atoms with Crippen molar-refractivity contribution in [2.75, 3.05) is 0 Å². The van der Waals surface area contributed by atoms with Gasteiger partial charge in [-0.05, 0) is 49.2 Å².